The maximum Gasteiger partial charge on any atom is 0.252 e. The molecule has 0 aliphatic carbocycles. The van der Waals surface area contributed by atoms with Gasteiger partial charge in [-0.3, -0.25) is 14.5 Å². The summed E-state index contributed by atoms with van der Waals surface area (Å²) in [6.45, 7) is 7.49. The van der Waals surface area contributed by atoms with E-state index in [9.17, 15) is 9.59 Å². The lowest BCUT2D eigenvalue weighted by Gasteiger charge is -2.25. The normalized spacial score (nSPS) is 14.0. The number of ketones is 1. The minimum Gasteiger partial charge on any atom is -0.352 e. The van der Waals surface area contributed by atoms with Gasteiger partial charge in [-0.25, -0.2) is 0 Å². The Hall–Kier alpha value is -1.69. The average Bonchev–Trinajstić information content (AvgIpc) is 3.00. The van der Waals surface area contributed by atoms with Crippen molar-refractivity contribution in [1.29, 1.82) is 0 Å². The van der Waals surface area contributed by atoms with Crippen LogP contribution in [0.1, 0.15) is 45.1 Å². The van der Waals surface area contributed by atoms with E-state index in [1.807, 2.05) is 19.1 Å². The van der Waals surface area contributed by atoms with Gasteiger partial charge in [-0.05, 0) is 43.1 Å². The molecule has 144 valence electrons. The van der Waals surface area contributed by atoms with Crippen molar-refractivity contribution in [3.63, 3.8) is 0 Å². The third-order valence-corrected chi connectivity index (χ3v) is 6.36. The van der Waals surface area contributed by atoms with E-state index < -0.39 is 0 Å². The molecule has 1 aromatic carbocycles. The summed E-state index contributed by atoms with van der Waals surface area (Å²) >= 11 is 7.55. The molecule has 2 aromatic rings. The minimum absolute atomic E-state index is 0.0470. The molecule has 4 nitrogen and oxygen atoms in total. The molecule has 0 saturated carbocycles. The van der Waals surface area contributed by atoms with Crippen LogP contribution in [-0.2, 0) is 30.6 Å². The van der Waals surface area contributed by atoms with Gasteiger partial charge in [-0.2, -0.15) is 0 Å². The number of halogens is 1. The topological polar surface area (TPSA) is 49.4 Å². The number of nitrogens with one attached hydrogen (secondary N) is 1. The highest BCUT2D eigenvalue weighted by molar-refractivity contribution is 7.12. The number of nitrogens with zero attached hydrogens (tertiary/aromatic N) is 1. The highest BCUT2D eigenvalue weighted by Gasteiger charge is 2.28. The van der Waals surface area contributed by atoms with Crippen LogP contribution in [0.2, 0.25) is 5.02 Å². The zero-order valence-corrected chi connectivity index (χ0v) is 17.4. The highest BCUT2D eigenvalue weighted by Crippen LogP contribution is 2.34. The Morgan fingerprint density at radius 3 is 2.59 bits per heavy atom. The van der Waals surface area contributed by atoms with E-state index >= 15 is 0 Å². The summed E-state index contributed by atoms with van der Waals surface area (Å²) in [5, 5.41) is 3.58. The zero-order chi connectivity index (χ0) is 19.4. The van der Waals surface area contributed by atoms with Gasteiger partial charge in [0.1, 0.15) is 5.78 Å². The largest absolute Gasteiger partial charge is 0.352 e. The first kappa shape index (κ1) is 20.1. The number of benzene rings is 1. The molecule has 0 unspecified atom stereocenters. The fourth-order valence-electron chi connectivity index (χ4n) is 3.49. The second kappa shape index (κ2) is 9.00. The summed E-state index contributed by atoms with van der Waals surface area (Å²) < 4.78 is 0. The monoisotopic (exact) mass is 404 g/mol. The van der Waals surface area contributed by atoms with Crippen molar-refractivity contribution in [2.24, 2.45) is 0 Å². The number of amides is 1. The fraction of sp³-hybridized carbons (Fsp3) is 0.429. The van der Waals surface area contributed by atoms with Crippen molar-refractivity contribution < 1.29 is 9.59 Å². The predicted octanol–water partition coefficient (Wildman–Crippen LogP) is 3.88. The van der Waals surface area contributed by atoms with Gasteiger partial charge in [-0.15, -0.1) is 11.3 Å². The summed E-state index contributed by atoms with van der Waals surface area (Å²) in [6, 6.07) is 7.36. The van der Waals surface area contributed by atoms with Crippen LogP contribution in [-0.4, -0.2) is 36.2 Å². The number of carbonyl (C=O) groups is 2. The number of hydrogen-bond acceptors (Lipinski definition) is 4. The summed E-state index contributed by atoms with van der Waals surface area (Å²) in [4.78, 5) is 29.9. The molecule has 0 radical (unpaired) electrons. The summed E-state index contributed by atoms with van der Waals surface area (Å²) in [5.74, 6) is 0.0723. The van der Waals surface area contributed by atoms with E-state index in [0.29, 0.717) is 24.4 Å². The van der Waals surface area contributed by atoms with E-state index in [-0.39, 0.29) is 11.7 Å². The Morgan fingerprint density at radius 1 is 1.19 bits per heavy atom. The van der Waals surface area contributed by atoms with E-state index in [4.69, 9.17) is 11.6 Å². The molecule has 0 atom stereocenters. The molecule has 0 fully saturated rings. The van der Waals surface area contributed by atoms with Crippen LogP contribution in [0.5, 0.6) is 0 Å². The molecule has 0 spiro atoms. The first-order valence-corrected chi connectivity index (χ1v) is 10.6. The lowest BCUT2D eigenvalue weighted by molar-refractivity contribution is -0.117. The second-order valence-electron chi connectivity index (χ2n) is 6.80. The summed E-state index contributed by atoms with van der Waals surface area (Å²) in [6.07, 6.45) is 1.53. The lowest BCUT2D eigenvalue weighted by atomic mass is 9.98. The molecule has 1 aliphatic heterocycles. The highest BCUT2D eigenvalue weighted by atomic mass is 35.5. The standard InChI is InChI=1S/C21H25ClN2O2S/c1-3-23-21(26)20-17-9-10-24(4-2)13-19(17)27-18(20)12-16(25)11-14-5-7-15(22)8-6-14/h5-8H,3-4,9-13H2,1-2H3,(H,23,26). The Labute approximate surface area is 169 Å². The number of fused-ring (bicyclic) bond motifs is 1. The Kier molecular flexibility index (Phi) is 6.68. The van der Waals surface area contributed by atoms with Gasteiger partial charge in [-0.1, -0.05) is 30.7 Å². The number of rotatable bonds is 7. The minimum atomic E-state index is -0.0470. The Balaban J connectivity index is 1.82. The van der Waals surface area contributed by atoms with Gasteiger partial charge in [0.05, 0.1) is 5.56 Å². The van der Waals surface area contributed by atoms with E-state index in [1.165, 1.54) is 4.88 Å². The smallest absolute Gasteiger partial charge is 0.252 e. The first-order chi connectivity index (χ1) is 13.0. The third kappa shape index (κ3) is 4.78. The van der Waals surface area contributed by atoms with E-state index in [2.05, 4.69) is 17.1 Å². The molecule has 1 aromatic heterocycles. The maximum absolute atomic E-state index is 12.7. The van der Waals surface area contributed by atoms with Gasteiger partial charge < -0.3 is 5.32 Å². The molecule has 27 heavy (non-hydrogen) atoms. The second-order valence-corrected chi connectivity index (χ2v) is 8.43. The van der Waals surface area contributed by atoms with Crippen molar-refractivity contribution in [3.8, 4) is 0 Å². The number of hydrogen-bond donors (Lipinski definition) is 1. The number of Topliss-reactive ketones (excluding diaryl/α,β-unsaturated/α-hetero) is 1. The molecule has 3 rings (SSSR count). The van der Waals surface area contributed by atoms with Gasteiger partial charge in [0.15, 0.2) is 0 Å². The SMILES string of the molecule is CCNC(=O)c1c(CC(=O)Cc2ccc(Cl)cc2)sc2c1CCN(CC)C2. The van der Waals surface area contributed by atoms with Crippen LogP contribution in [0.3, 0.4) is 0 Å². The average molecular weight is 405 g/mol. The zero-order valence-electron chi connectivity index (χ0n) is 15.8. The van der Waals surface area contributed by atoms with Gasteiger partial charge in [0.2, 0.25) is 0 Å². The molecule has 2 heterocycles. The van der Waals surface area contributed by atoms with Crippen molar-refractivity contribution >= 4 is 34.6 Å². The van der Waals surface area contributed by atoms with Crippen LogP contribution in [0.15, 0.2) is 24.3 Å². The number of thiophene rings is 1. The maximum atomic E-state index is 12.7. The molecule has 1 N–H and O–H groups in total. The van der Waals surface area contributed by atoms with Crippen LogP contribution in [0, 0.1) is 0 Å². The van der Waals surface area contributed by atoms with Crippen LogP contribution in [0.25, 0.3) is 0 Å². The van der Waals surface area contributed by atoms with Crippen molar-refractivity contribution in [3.05, 3.63) is 55.7 Å². The van der Waals surface area contributed by atoms with Gasteiger partial charge >= 0.3 is 0 Å². The van der Waals surface area contributed by atoms with Crippen LogP contribution in [0.4, 0.5) is 0 Å². The summed E-state index contributed by atoms with van der Waals surface area (Å²) in [7, 11) is 0. The van der Waals surface area contributed by atoms with Crippen molar-refractivity contribution in [2.45, 2.75) is 39.7 Å². The molecule has 1 amide bonds. The van der Waals surface area contributed by atoms with Crippen molar-refractivity contribution in [1.82, 2.24) is 10.2 Å². The predicted molar refractivity (Wildman–Crippen MR) is 111 cm³/mol. The van der Waals surface area contributed by atoms with Gasteiger partial charge in [0.25, 0.3) is 5.91 Å². The number of likely N-dealkylation sites (N-methyl/N-ethyl adjacent to an activating group) is 1. The Bertz CT molecular complexity index is 829. The molecular weight excluding hydrogens is 380 g/mol. The third-order valence-electron chi connectivity index (χ3n) is 4.89. The molecule has 1 aliphatic rings. The van der Waals surface area contributed by atoms with E-state index in [1.54, 1.807) is 23.5 Å². The van der Waals surface area contributed by atoms with Crippen LogP contribution >= 0.6 is 22.9 Å². The van der Waals surface area contributed by atoms with Crippen molar-refractivity contribution in [2.75, 3.05) is 19.6 Å². The molecular formula is C21H25ClN2O2S. The van der Waals surface area contributed by atoms with Crippen LogP contribution < -0.4 is 5.32 Å². The quantitative estimate of drug-likeness (QED) is 0.761. The molecule has 6 heteroatoms. The molecule has 0 saturated heterocycles. The molecule has 0 bridgehead atoms. The number of carbonyl (C=O) groups excluding carboxylic acids is 2. The van der Waals surface area contributed by atoms with Gasteiger partial charge in [0, 0.05) is 47.3 Å². The summed E-state index contributed by atoms with van der Waals surface area (Å²) in [5.41, 5.74) is 2.84. The lowest BCUT2D eigenvalue weighted by Crippen LogP contribution is -2.31. The van der Waals surface area contributed by atoms with E-state index in [0.717, 1.165) is 47.6 Å². The first-order valence-electron chi connectivity index (χ1n) is 9.41. The Morgan fingerprint density at radius 2 is 1.93 bits per heavy atom. The fourth-order valence-corrected chi connectivity index (χ4v) is 5.04.